The van der Waals surface area contributed by atoms with E-state index in [0.29, 0.717) is 49.1 Å². The summed E-state index contributed by atoms with van der Waals surface area (Å²) >= 11 is 11.7. The molecule has 1 heterocycles. The third-order valence-corrected chi connectivity index (χ3v) is 6.23. The van der Waals surface area contributed by atoms with Gasteiger partial charge < -0.3 is 20.4 Å². The summed E-state index contributed by atoms with van der Waals surface area (Å²) in [5.74, 6) is 0.0499. The Bertz CT molecular complexity index is 989. The minimum Gasteiger partial charge on any atom is -0.344 e. The fraction of sp³-hybridized carbons (Fsp3) is 0.400. The van der Waals surface area contributed by atoms with Crippen LogP contribution >= 0.6 is 23.2 Å². The van der Waals surface area contributed by atoms with Crippen LogP contribution in [0.2, 0.25) is 5.02 Å². The maximum Gasteiger partial charge on any atom is 0.322 e. The van der Waals surface area contributed by atoms with Crippen LogP contribution in [0.1, 0.15) is 25.3 Å². The molecule has 4 amide bonds. The summed E-state index contributed by atoms with van der Waals surface area (Å²) < 4.78 is 0. The molecule has 1 saturated heterocycles. The quantitative estimate of drug-likeness (QED) is 0.529. The van der Waals surface area contributed by atoms with E-state index in [2.05, 4.69) is 10.6 Å². The highest BCUT2D eigenvalue weighted by Gasteiger charge is 2.33. The molecule has 2 aromatic carbocycles. The van der Waals surface area contributed by atoms with Crippen molar-refractivity contribution in [3.05, 3.63) is 65.2 Å². The number of alkyl halides is 1. The summed E-state index contributed by atoms with van der Waals surface area (Å²) in [4.78, 5) is 42.0. The Morgan fingerprint density at radius 2 is 1.85 bits per heavy atom. The van der Waals surface area contributed by atoms with E-state index >= 15 is 0 Å². The van der Waals surface area contributed by atoms with E-state index in [1.165, 1.54) is 0 Å². The molecule has 2 aromatic rings. The second kappa shape index (κ2) is 12.6. The van der Waals surface area contributed by atoms with Crippen LogP contribution in [-0.2, 0) is 16.0 Å². The second-order valence-electron chi connectivity index (χ2n) is 8.37. The van der Waals surface area contributed by atoms with Crippen molar-refractivity contribution in [2.24, 2.45) is 0 Å². The van der Waals surface area contributed by atoms with E-state index in [1.54, 1.807) is 34.1 Å². The molecule has 7 nitrogen and oxygen atoms in total. The third kappa shape index (κ3) is 7.37. The van der Waals surface area contributed by atoms with Crippen LogP contribution < -0.4 is 10.6 Å². The van der Waals surface area contributed by atoms with Gasteiger partial charge in [0.2, 0.25) is 11.8 Å². The molecule has 0 radical (unpaired) electrons. The van der Waals surface area contributed by atoms with E-state index in [-0.39, 0.29) is 30.3 Å². The van der Waals surface area contributed by atoms with Gasteiger partial charge >= 0.3 is 6.03 Å². The SMILES string of the molecule is C[C@@H]1CN(C(=O)[C@H](Cc2ccccc2)NC(=O)CCCCl)CCN1C(=O)Nc1cccc(Cl)c1. The lowest BCUT2D eigenvalue weighted by molar-refractivity contribution is -0.138. The molecular formula is C25H30Cl2N4O3. The largest absolute Gasteiger partial charge is 0.344 e. The average molecular weight is 505 g/mol. The molecule has 0 bridgehead atoms. The summed E-state index contributed by atoms with van der Waals surface area (Å²) in [7, 11) is 0. The van der Waals surface area contributed by atoms with Crippen molar-refractivity contribution in [3.8, 4) is 0 Å². The van der Waals surface area contributed by atoms with Gasteiger partial charge in [-0.15, -0.1) is 11.6 Å². The Morgan fingerprint density at radius 3 is 2.53 bits per heavy atom. The molecule has 2 atom stereocenters. The minimum atomic E-state index is -0.677. The van der Waals surface area contributed by atoms with E-state index in [4.69, 9.17) is 23.2 Å². The summed E-state index contributed by atoms with van der Waals surface area (Å²) in [6.07, 6.45) is 1.23. The van der Waals surface area contributed by atoms with Crippen molar-refractivity contribution >= 4 is 46.7 Å². The van der Waals surface area contributed by atoms with E-state index < -0.39 is 6.04 Å². The number of halogens is 2. The highest BCUT2D eigenvalue weighted by atomic mass is 35.5. The molecule has 34 heavy (non-hydrogen) atoms. The van der Waals surface area contributed by atoms with Crippen molar-refractivity contribution < 1.29 is 14.4 Å². The number of carbonyl (C=O) groups is 3. The maximum absolute atomic E-state index is 13.4. The Morgan fingerprint density at radius 1 is 1.09 bits per heavy atom. The van der Waals surface area contributed by atoms with Gasteiger partial charge in [0.15, 0.2) is 0 Å². The Hall–Kier alpha value is -2.77. The number of hydrogen-bond donors (Lipinski definition) is 2. The number of hydrogen-bond acceptors (Lipinski definition) is 3. The lowest BCUT2D eigenvalue weighted by Crippen LogP contribution is -2.60. The Balaban J connectivity index is 1.64. The predicted molar refractivity (Wildman–Crippen MR) is 135 cm³/mol. The van der Waals surface area contributed by atoms with Gasteiger partial charge in [-0.05, 0) is 37.1 Å². The smallest absolute Gasteiger partial charge is 0.322 e. The monoisotopic (exact) mass is 504 g/mol. The van der Waals surface area contributed by atoms with E-state index in [9.17, 15) is 14.4 Å². The maximum atomic E-state index is 13.4. The van der Waals surface area contributed by atoms with Gasteiger partial charge in [0.25, 0.3) is 0 Å². The summed E-state index contributed by atoms with van der Waals surface area (Å²) in [5.41, 5.74) is 1.58. The topological polar surface area (TPSA) is 81.8 Å². The number of amides is 4. The molecule has 1 aliphatic rings. The van der Waals surface area contributed by atoms with Crippen LogP contribution in [0, 0.1) is 0 Å². The van der Waals surface area contributed by atoms with Gasteiger partial charge in [0.1, 0.15) is 6.04 Å². The second-order valence-corrected chi connectivity index (χ2v) is 9.18. The average Bonchev–Trinajstić information content (AvgIpc) is 2.82. The molecule has 9 heteroatoms. The number of rotatable bonds is 8. The van der Waals surface area contributed by atoms with Crippen molar-refractivity contribution in [2.75, 3.05) is 30.8 Å². The van der Waals surface area contributed by atoms with Crippen molar-refractivity contribution in [1.29, 1.82) is 0 Å². The van der Waals surface area contributed by atoms with Crippen LogP contribution in [0.15, 0.2) is 54.6 Å². The van der Waals surface area contributed by atoms with Gasteiger partial charge in [0, 0.05) is 55.1 Å². The summed E-state index contributed by atoms with van der Waals surface area (Å²) in [5, 5.41) is 6.29. The Kier molecular flexibility index (Phi) is 9.60. The van der Waals surface area contributed by atoms with Gasteiger partial charge in [-0.25, -0.2) is 4.79 Å². The fourth-order valence-corrected chi connectivity index (χ4v) is 4.31. The number of anilines is 1. The fourth-order valence-electron chi connectivity index (χ4n) is 3.99. The van der Waals surface area contributed by atoms with E-state index in [1.807, 2.05) is 37.3 Å². The molecule has 1 fully saturated rings. The molecule has 1 aliphatic heterocycles. The number of nitrogens with one attached hydrogen (secondary N) is 2. The van der Waals surface area contributed by atoms with Crippen molar-refractivity contribution in [2.45, 2.75) is 38.3 Å². The van der Waals surface area contributed by atoms with Crippen LogP contribution in [-0.4, -0.2) is 65.2 Å². The van der Waals surface area contributed by atoms with Crippen LogP contribution in [0.25, 0.3) is 0 Å². The first kappa shape index (κ1) is 25.8. The summed E-state index contributed by atoms with van der Waals surface area (Å²) in [6.45, 7) is 3.05. The van der Waals surface area contributed by atoms with Gasteiger partial charge in [-0.1, -0.05) is 48.0 Å². The number of urea groups is 1. The van der Waals surface area contributed by atoms with Gasteiger partial charge in [-0.3, -0.25) is 9.59 Å². The molecule has 2 N–H and O–H groups in total. The molecule has 0 saturated carbocycles. The normalized spacial score (nSPS) is 16.6. The third-order valence-electron chi connectivity index (χ3n) is 5.73. The highest BCUT2D eigenvalue weighted by molar-refractivity contribution is 6.30. The molecule has 0 spiro atoms. The molecule has 182 valence electrons. The van der Waals surface area contributed by atoms with Crippen molar-refractivity contribution in [1.82, 2.24) is 15.1 Å². The highest BCUT2D eigenvalue weighted by Crippen LogP contribution is 2.18. The first-order valence-electron chi connectivity index (χ1n) is 11.4. The van der Waals surface area contributed by atoms with Crippen molar-refractivity contribution in [3.63, 3.8) is 0 Å². The zero-order chi connectivity index (χ0) is 24.5. The molecule has 3 rings (SSSR count). The lowest BCUT2D eigenvalue weighted by Gasteiger charge is -2.41. The number of carbonyl (C=O) groups excluding carboxylic acids is 3. The molecular weight excluding hydrogens is 475 g/mol. The standard InChI is InChI=1S/C25H30Cl2N4O3/c1-18-17-30(13-14-31(18)25(34)28-21-10-5-9-20(27)16-21)24(33)22(29-23(32)11-6-12-26)15-19-7-3-2-4-8-19/h2-5,7-10,16,18,22H,6,11-15,17H2,1H3,(H,28,34)(H,29,32)/t18-,22+/m1/s1. The molecule has 0 unspecified atom stereocenters. The lowest BCUT2D eigenvalue weighted by atomic mass is 10.0. The predicted octanol–water partition coefficient (Wildman–Crippen LogP) is 4.15. The molecule has 0 aliphatic carbocycles. The van der Waals surface area contributed by atoms with Gasteiger partial charge in [-0.2, -0.15) is 0 Å². The van der Waals surface area contributed by atoms with Gasteiger partial charge in [0.05, 0.1) is 0 Å². The zero-order valence-electron chi connectivity index (χ0n) is 19.2. The van der Waals surface area contributed by atoms with Crippen LogP contribution in [0.4, 0.5) is 10.5 Å². The molecule has 0 aromatic heterocycles. The zero-order valence-corrected chi connectivity index (χ0v) is 20.7. The number of benzene rings is 2. The van der Waals surface area contributed by atoms with Crippen LogP contribution in [0.5, 0.6) is 0 Å². The van der Waals surface area contributed by atoms with E-state index in [0.717, 1.165) is 5.56 Å². The minimum absolute atomic E-state index is 0.148. The Labute approximate surface area is 210 Å². The summed E-state index contributed by atoms with van der Waals surface area (Å²) in [6, 6.07) is 15.5. The first-order valence-corrected chi connectivity index (χ1v) is 12.3. The number of nitrogens with zero attached hydrogens (tertiary/aromatic N) is 2. The number of piperazine rings is 1. The first-order chi connectivity index (χ1) is 16.4. The van der Waals surface area contributed by atoms with Crippen LogP contribution in [0.3, 0.4) is 0 Å².